The molecule has 1 heterocycles. The smallest absolute Gasteiger partial charge is 0.328 e. The van der Waals surface area contributed by atoms with Gasteiger partial charge in [0.2, 0.25) is 0 Å². The summed E-state index contributed by atoms with van der Waals surface area (Å²) >= 11 is 0. The molecule has 8 heteroatoms. The minimum absolute atomic E-state index is 0.0380. The summed E-state index contributed by atoms with van der Waals surface area (Å²) in [5.41, 5.74) is 1.32. The molecule has 0 spiro atoms. The van der Waals surface area contributed by atoms with Gasteiger partial charge in [0.05, 0.1) is 16.6 Å². The number of fused-ring (bicyclic) bond motifs is 1. The zero-order valence-electron chi connectivity index (χ0n) is 13.4. The van der Waals surface area contributed by atoms with E-state index in [0.29, 0.717) is 17.1 Å². The van der Waals surface area contributed by atoms with Crippen LogP contribution in [0.1, 0.15) is 15.9 Å². The first-order valence-electron chi connectivity index (χ1n) is 7.37. The van der Waals surface area contributed by atoms with Crippen LogP contribution in [-0.2, 0) is 20.6 Å². The number of imidazole rings is 1. The van der Waals surface area contributed by atoms with Crippen molar-refractivity contribution in [2.75, 3.05) is 0 Å². The van der Waals surface area contributed by atoms with Gasteiger partial charge in [-0.1, -0.05) is 6.07 Å². The minimum atomic E-state index is -1.69. The molecule has 0 saturated carbocycles. The number of nitrogens with zero attached hydrogens (tertiary/aromatic N) is 2. The molecule has 130 valence electrons. The number of aryl methyl sites for hydroxylation is 2. The van der Waals surface area contributed by atoms with E-state index in [4.69, 9.17) is 0 Å². The van der Waals surface area contributed by atoms with E-state index >= 15 is 0 Å². The highest BCUT2D eigenvalue weighted by molar-refractivity contribution is 5.94. The summed E-state index contributed by atoms with van der Waals surface area (Å²) in [5.74, 6) is -5.44. The molecule has 1 aromatic heterocycles. The number of halogens is 3. The van der Waals surface area contributed by atoms with Crippen molar-refractivity contribution in [2.45, 2.75) is 6.54 Å². The van der Waals surface area contributed by atoms with Gasteiger partial charge in [-0.3, -0.25) is 13.9 Å². The first-order valence-corrected chi connectivity index (χ1v) is 7.37. The van der Waals surface area contributed by atoms with Crippen molar-refractivity contribution >= 4 is 16.9 Å². The van der Waals surface area contributed by atoms with E-state index in [1.54, 1.807) is 32.3 Å². The Morgan fingerprint density at radius 2 is 1.68 bits per heavy atom. The van der Waals surface area contributed by atoms with Gasteiger partial charge >= 0.3 is 5.69 Å². The molecule has 1 N–H and O–H groups in total. The summed E-state index contributed by atoms with van der Waals surface area (Å²) in [6, 6.07) is 6.74. The van der Waals surface area contributed by atoms with E-state index in [1.165, 1.54) is 9.13 Å². The van der Waals surface area contributed by atoms with Gasteiger partial charge < -0.3 is 5.32 Å². The topological polar surface area (TPSA) is 56.0 Å². The number of aromatic nitrogens is 2. The Morgan fingerprint density at radius 1 is 1.00 bits per heavy atom. The number of amides is 1. The van der Waals surface area contributed by atoms with Crippen LogP contribution >= 0.6 is 0 Å². The summed E-state index contributed by atoms with van der Waals surface area (Å²) in [5, 5.41) is 2.45. The third-order valence-electron chi connectivity index (χ3n) is 4.07. The Hall–Kier alpha value is -3.03. The molecule has 5 nitrogen and oxygen atoms in total. The van der Waals surface area contributed by atoms with Gasteiger partial charge in [-0.25, -0.2) is 18.0 Å². The second-order valence-corrected chi connectivity index (χ2v) is 5.63. The molecule has 0 atom stereocenters. The molecule has 0 fully saturated rings. The van der Waals surface area contributed by atoms with E-state index < -0.39 is 28.9 Å². The summed E-state index contributed by atoms with van der Waals surface area (Å²) in [6.07, 6.45) is 0. The van der Waals surface area contributed by atoms with Crippen molar-refractivity contribution < 1.29 is 18.0 Å². The SMILES string of the molecule is Cn1c(=O)n(C)c2cc(CNC(=O)c3ccc(F)c(F)c3F)ccc21. The Labute approximate surface area is 140 Å². The Morgan fingerprint density at radius 3 is 2.40 bits per heavy atom. The lowest BCUT2D eigenvalue weighted by atomic mass is 10.1. The Bertz CT molecular complexity index is 1050. The number of nitrogens with one attached hydrogen (secondary N) is 1. The van der Waals surface area contributed by atoms with Crippen molar-refractivity contribution in [3.63, 3.8) is 0 Å². The molecule has 3 aromatic rings. The molecular formula is C17H14F3N3O2. The van der Waals surface area contributed by atoms with Gasteiger partial charge in [0, 0.05) is 20.6 Å². The van der Waals surface area contributed by atoms with Gasteiger partial charge in [0.15, 0.2) is 17.5 Å². The quantitative estimate of drug-likeness (QED) is 0.737. The first kappa shape index (κ1) is 16.8. The van der Waals surface area contributed by atoms with Crippen LogP contribution in [0.2, 0.25) is 0 Å². The van der Waals surface area contributed by atoms with Crippen LogP contribution < -0.4 is 11.0 Å². The highest BCUT2D eigenvalue weighted by Crippen LogP contribution is 2.16. The third kappa shape index (κ3) is 2.79. The molecule has 0 saturated heterocycles. The molecule has 3 rings (SSSR count). The van der Waals surface area contributed by atoms with Gasteiger partial charge in [-0.05, 0) is 29.8 Å². The molecule has 2 aromatic carbocycles. The number of carbonyl (C=O) groups excluding carboxylic acids is 1. The van der Waals surface area contributed by atoms with Crippen LogP contribution in [0.25, 0.3) is 11.0 Å². The van der Waals surface area contributed by atoms with E-state index in [-0.39, 0.29) is 12.2 Å². The van der Waals surface area contributed by atoms with E-state index in [2.05, 4.69) is 5.32 Å². The normalized spacial score (nSPS) is 11.1. The lowest BCUT2D eigenvalue weighted by Crippen LogP contribution is -2.24. The molecule has 0 radical (unpaired) electrons. The average Bonchev–Trinajstić information content (AvgIpc) is 2.82. The van der Waals surface area contributed by atoms with Gasteiger partial charge in [-0.15, -0.1) is 0 Å². The number of hydrogen-bond acceptors (Lipinski definition) is 2. The number of hydrogen-bond donors (Lipinski definition) is 1. The Balaban J connectivity index is 1.83. The van der Waals surface area contributed by atoms with Crippen molar-refractivity contribution in [1.29, 1.82) is 0 Å². The molecule has 0 unspecified atom stereocenters. The highest BCUT2D eigenvalue weighted by Gasteiger charge is 2.18. The number of benzene rings is 2. The van der Waals surface area contributed by atoms with Crippen molar-refractivity contribution in [3.05, 3.63) is 69.4 Å². The summed E-state index contributed by atoms with van der Waals surface area (Å²) < 4.78 is 42.7. The summed E-state index contributed by atoms with van der Waals surface area (Å²) in [7, 11) is 3.28. The molecule has 25 heavy (non-hydrogen) atoms. The van der Waals surface area contributed by atoms with Crippen LogP contribution in [-0.4, -0.2) is 15.0 Å². The fourth-order valence-corrected chi connectivity index (χ4v) is 2.64. The van der Waals surface area contributed by atoms with E-state index in [9.17, 15) is 22.8 Å². The maximum Gasteiger partial charge on any atom is 0.328 e. The molecule has 0 aliphatic carbocycles. The molecule has 1 amide bonds. The molecular weight excluding hydrogens is 335 g/mol. The third-order valence-corrected chi connectivity index (χ3v) is 4.07. The van der Waals surface area contributed by atoms with Crippen molar-refractivity contribution in [1.82, 2.24) is 14.5 Å². The minimum Gasteiger partial charge on any atom is -0.348 e. The standard InChI is InChI=1S/C17H14F3N3O2/c1-22-12-6-3-9(7-13(12)23(2)17(22)25)8-21-16(24)10-4-5-11(18)15(20)14(10)19/h3-7H,8H2,1-2H3,(H,21,24). The van der Waals surface area contributed by atoms with Gasteiger partial charge in [0.25, 0.3) is 5.91 Å². The molecule has 0 aliphatic rings. The van der Waals surface area contributed by atoms with Crippen LogP contribution in [0.15, 0.2) is 35.1 Å². The zero-order chi connectivity index (χ0) is 18.3. The Kier molecular flexibility index (Phi) is 4.12. The van der Waals surface area contributed by atoms with E-state index in [1.807, 2.05) is 0 Å². The predicted octanol–water partition coefficient (Wildman–Crippen LogP) is 2.22. The van der Waals surface area contributed by atoms with Crippen LogP contribution in [0.5, 0.6) is 0 Å². The van der Waals surface area contributed by atoms with Crippen LogP contribution in [0, 0.1) is 17.5 Å². The van der Waals surface area contributed by atoms with Gasteiger partial charge in [0.1, 0.15) is 0 Å². The molecule has 0 bridgehead atoms. The summed E-state index contributed by atoms with van der Waals surface area (Å²) in [6.45, 7) is 0.0380. The van der Waals surface area contributed by atoms with Crippen LogP contribution in [0.4, 0.5) is 13.2 Å². The maximum absolute atomic E-state index is 13.6. The lowest BCUT2D eigenvalue weighted by Gasteiger charge is -2.08. The molecule has 0 aliphatic heterocycles. The van der Waals surface area contributed by atoms with Crippen molar-refractivity contribution in [2.24, 2.45) is 14.1 Å². The van der Waals surface area contributed by atoms with Crippen molar-refractivity contribution in [3.8, 4) is 0 Å². The lowest BCUT2D eigenvalue weighted by molar-refractivity contribution is 0.0945. The second kappa shape index (κ2) is 6.12. The average molecular weight is 349 g/mol. The zero-order valence-corrected chi connectivity index (χ0v) is 13.4. The van der Waals surface area contributed by atoms with E-state index in [0.717, 1.165) is 11.6 Å². The fraction of sp³-hybridized carbons (Fsp3) is 0.176. The summed E-state index contributed by atoms with van der Waals surface area (Å²) in [4.78, 5) is 23.9. The van der Waals surface area contributed by atoms with Gasteiger partial charge in [-0.2, -0.15) is 0 Å². The first-order chi connectivity index (χ1) is 11.8. The monoisotopic (exact) mass is 349 g/mol. The largest absolute Gasteiger partial charge is 0.348 e. The second-order valence-electron chi connectivity index (χ2n) is 5.63. The predicted molar refractivity (Wildman–Crippen MR) is 85.6 cm³/mol. The van der Waals surface area contributed by atoms with Crippen LogP contribution in [0.3, 0.4) is 0 Å². The number of rotatable bonds is 3. The maximum atomic E-state index is 13.6. The highest BCUT2D eigenvalue weighted by atomic mass is 19.2. The number of carbonyl (C=O) groups is 1. The fourth-order valence-electron chi connectivity index (χ4n) is 2.64.